The summed E-state index contributed by atoms with van der Waals surface area (Å²) in [7, 11) is 0. The zero-order valence-electron chi connectivity index (χ0n) is 10.5. The minimum Gasteiger partial charge on any atom is -0.423 e. The predicted octanol–water partition coefficient (Wildman–Crippen LogP) is 2.51. The van der Waals surface area contributed by atoms with Crippen molar-refractivity contribution in [1.29, 1.82) is 5.26 Å². The van der Waals surface area contributed by atoms with E-state index in [9.17, 15) is 0 Å². The number of hydrogen-bond donors (Lipinski definition) is 0. The first-order chi connectivity index (χ1) is 9.30. The van der Waals surface area contributed by atoms with Gasteiger partial charge in [0.25, 0.3) is 0 Å². The monoisotopic (exact) mass is 252 g/mol. The van der Waals surface area contributed by atoms with Gasteiger partial charge in [-0.25, -0.2) is 0 Å². The van der Waals surface area contributed by atoms with Crippen molar-refractivity contribution in [2.24, 2.45) is 0 Å². The van der Waals surface area contributed by atoms with E-state index in [2.05, 4.69) is 16.3 Å². The molecule has 0 aliphatic rings. The summed E-state index contributed by atoms with van der Waals surface area (Å²) in [5.74, 6) is 1.25. The number of nitriles is 1. The molecule has 1 aromatic carbocycles. The maximum Gasteiger partial charge on any atom is 0.236 e. The molecule has 3 aromatic rings. The Morgan fingerprint density at radius 3 is 2.84 bits per heavy atom. The Kier molecular flexibility index (Phi) is 2.76. The van der Waals surface area contributed by atoms with Crippen molar-refractivity contribution in [2.75, 3.05) is 0 Å². The largest absolute Gasteiger partial charge is 0.423 e. The Morgan fingerprint density at radius 2 is 2.11 bits per heavy atom. The van der Waals surface area contributed by atoms with Gasteiger partial charge >= 0.3 is 0 Å². The van der Waals surface area contributed by atoms with E-state index >= 15 is 0 Å². The van der Waals surface area contributed by atoms with Crippen LogP contribution in [0.2, 0.25) is 0 Å². The Morgan fingerprint density at radius 1 is 1.26 bits per heavy atom. The molecule has 0 bridgehead atoms. The number of aromatic nitrogens is 3. The summed E-state index contributed by atoms with van der Waals surface area (Å²) in [6.07, 6.45) is 2.70. The molecule has 0 spiro atoms. The van der Waals surface area contributed by atoms with Crippen molar-refractivity contribution in [3.63, 3.8) is 0 Å². The molecule has 5 heteroatoms. The van der Waals surface area contributed by atoms with Crippen LogP contribution in [-0.2, 0) is 13.0 Å². The van der Waals surface area contributed by atoms with Crippen molar-refractivity contribution in [3.8, 4) is 6.07 Å². The number of aryl methyl sites for hydroxylation is 1. The van der Waals surface area contributed by atoms with Gasteiger partial charge in [-0.05, 0) is 24.3 Å². The number of fused-ring (bicyclic) bond motifs is 1. The average Bonchev–Trinajstić information content (AvgIpc) is 3.06. The van der Waals surface area contributed by atoms with E-state index < -0.39 is 0 Å². The summed E-state index contributed by atoms with van der Waals surface area (Å²) in [5, 5.41) is 17.9. The molecule has 0 amide bonds. The van der Waals surface area contributed by atoms with E-state index in [1.54, 1.807) is 0 Å². The fourth-order valence-corrected chi connectivity index (χ4v) is 2.05. The summed E-state index contributed by atoms with van der Waals surface area (Å²) in [5.41, 5.74) is 1.71. The predicted molar refractivity (Wildman–Crippen MR) is 69.4 cm³/mol. The van der Waals surface area contributed by atoms with E-state index in [0.29, 0.717) is 23.9 Å². The van der Waals surface area contributed by atoms with Crippen LogP contribution >= 0.6 is 0 Å². The highest BCUT2D eigenvalue weighted by Gasteiger charge is 2.07. The molecule has 0 saturated carbocycles. The molecule has 2 aromatic heterocycles. The van der Waals surface area contributed by atoms with Gasteiger partial charge in [-0.1, -0.05) is 6.92 Å². The second-order valence-electron chi connectivity index (χ2n) is 4.27. The van der Waals surface area contributed by atoms with Crippen LogP contribution in [0.3, 0.4) is 0 Å². The maximum absolute atomic E-state index is 8.88. The van der Waals surface area contributed by atoms with Crippen molar-refractivity contribution in [3.05, 3.63) is 47.8 Å². The van der Waals surface area contributed by atoms with Crippen LogP contribution in [0.1, 0.15) is 24.3 Å². The van der Waals surface area contributed by atoms with Gasteiger partial charge in [0, 0.05) is 23.5 Å². The average molecular weight is 252 g/mol. The van der Waals surface area contributed by atoms with Crippen LogP contribution < -0.4 is 0 Å². The summed E-state index contributed by atoms with van der Waals surface area (Å²) >= 11 is 0. The van der Waals surface area contributed by atoms with Crippen LogP contribution in [0.5, 0.6) is 0 Å². The minimum absolute atomic E-state index is 0.544. The van der Waals surface area contributed by atoms with Gasteiger partial charge in [0.1, 0.15) is 6.54 Å². The van der Waals surface area contributed by atoms with Gasteiger partial charge in [0.15, 0.2) is 0 Å². The van der Waals surface area contributed by atoms with E-state index in [-0.39, 0.29) is 0 Å². The van der Waals surface area contributed by atoms with E-state index in [1.807, 2.05) is 42.0 Å². The highest BCUT2D eigenvalue weighted by atomic mass is 16.4. The molecule has 0 N–H and O–H groups in total. The number of rotatable bonds is 3. The molecule has 94 valence electrons. The zero-order chi connectivity index (χ0) is 13.2. The first kappa shape index (κ1) is 11.5. The van der Waals surface area contributed by atoms with Crippen molar-refractivity contribution in [1.82, 2.24) is 14.8 Å². The Balaban J connectivity index is 1.95. The third kappa shape index (κ3) is 2.08. The van der Waals surface area contributed by atoms with Crippen LogP contribution in [0.15, 0.2) is 34.9 Å². The lowest BCUT2D eigenvalue weighted by molar-refractivity contribution is 0.444. The number of nitrogens with zero attached hydrogens (tertiary/aromatic N) is 4. The molecule has 5 nitrogen and oxygen atoms in total. The van der Waals surface area contributed by atoms with Gasteiger partial charge in [-0.3, -0.25) is 0 Å². The van der Waals surface area contributed by atoms with Crippen LogP contribution in [0, 0.1) is 11.3 Å². The van der Waals surface area contributed by atoms with Crippen LogP contribution in [0.25, 0.3) is 10.9 Å². The topological polar surface area (TPSA) is 67.6 Å². The highest BCUT2D eigenvalue weighted by molar-refractivity contribution is 5.81. The highest BCUT2D eigenvalue weighted by Crippen LogP contribution is 2.18. The fourth-order valence-electron chi connectivity index (χ4n) is 2.05. The Labute approximate surface area is 110 Å². The van der Waals surface area contributed by atoms with E-state index in [4.69, 9.17) is 9.68 Å². The lowest BCUT2D eigenvalue weighted by Gasteiger charge is -2.01. The molecule has 0 atom stereocenters. The molecular formula is C14H12N4O. The summed E-state index contributed by atoms with van der Waals surface area (Å²) < 4.78 is 7.54. The smallest absolute Gasteiger partial charge is 0.236 e. The molecule has 2 heterocycles. The second-order valence-corrected chi connectivity index (χ2v) is 4.27. The van der Waals surface area contributed by atoms with Crippen LogP contribution in [-0.4, -0.2) is 14.8 Å². The standard InChI is InChI=1S/C14H12N4O/c1-2-13-16-17-14(19-13)9-18-6-5-11-7-10(8-15)3-4-12(11)18/h3-7H,2,9H2,1H3. The third-order valence-electron chi connectivity index (χ3n) is 3.02. The number of benzene rings is 1. The SMILES string of the molecule is CCc1nnc(Cn2ccc3cc(C#N)ccc32)o1. The third-order valence-corrected chi connectivity index (χ3v) is 3.02. The van der Waals surface area contributed by atoms with Gasteiger partial charge in [-0.2, -0.15) is 5.26 Å². The lowest BCUT2D eigenvalue weighted by atomic mass is 10.2. The summed E-state index contributed by atoms with van der Waals surface area (Å²) in [4.78, 5) is 0. The molecule has 0 fully saturated rings. The van der Waals surface area contributed by atoms with Crippen molar-refractivity contribution >= 4 is 10.9 Å². The van der Waals surface area contributed by atoms with E-state index in [1.165, 1.54) is 0 Å². The maximum atomic E-state index is 8.88. The zero-order valence-corrected chi connectivity index (χ0v) is 10.5. The molecule has 0 unspecified atom stereocenters. The second kappa shape index (κ2) is 4.58. The molecule has 0 saturated heterocycles. The molecule has 3 rings (SSSR count). The van der Waals surface area contributed by atoms with Crippen molar-refractivity contribution in [2.45, 2.75) is 19.9 Å². The lowest BCUT2D eigenvalue weighted by Crippen LogP contribution is -1.98. The molecule has 19 heavy (non-hydrogen) atoms. The first-order valence-corrected chi connectivity index (χ1v) is 6.10. The first-order valence-electron chi connectivity index (χ1n) is 6.10. The van der Waals surface area contributed by atoms with Crippen LogP contribution in [0.4, 0.5) is 0 Å². The minimum atomic E-state index is 0.544. The molecule has 0 aliphatic carbocycles. The molecular weight excluding hydrogens is 240 g/mol. The normalized spacial score (nSPS) is 10.7. The molecule has 0 radical (unpaired) electrons. The summed E-state index contributed by atoms with van der Waals surface area (Å²) in [6.45, 7) is 2.52. The fraction of sp³-hybridized carbons (Fsp3) is 0.214. The van der Waals surface area contributed by atoms with Gasteiger partial charge in [0.05, 0.1) is 11.6 Å². The van der Waals surface area contributed by atoms with Gasteiger partial charge in [-0.15, -0.1) is 10.2 Å². The quantitative estimate of drug-likeness (QED) is 0.718. The Bertz CT molecular complexity index is 763. The number of hydrogen-bond acceptors (Lipinski definition) is 4. The molecule has 0 aliphatic heterocycles. The van der Waals surface area contributed by atoms with Crippen molar-refractivity contribution < 1.29 is 4.42 Å². The van der Waals surface area contributed by atoms with Gasteiger partial charge in [0.2, 0.25) is 11.8 Å². The van der Waals surface area contributed by atoms with E-state index in [0.717, 1.165) is 17.3 Å². The van der Waals surface area contributed by atoms with Gasteiger partial charge < -0.3 is 8.98 Å². The Hall–Kier alpha value is -2.61. The summed E-state index contributed by atoms with van der Waals surface area (Å²) in [6, 6.07) is 9.74.